The average Bonchev–Trinajstić information content (AvgIpc) is 3.18. The second kappa shape index (κ2) is 7.90. The smallest absolute Gasteiger partial charge is 0.268 e. The Kier molecular flexibility index (Phi) is 5.37. The van der Waals surface area contributed by atoms with Crippen molar-refractivity contribution in [1.82, 2.24) is 8.96 Å². The molecule has 4 rings (SSSR count). The van der Waals surface area contributed by atoms with Crippen LogP contribution in [0.3, 0.4) is 0 Å². The number of nitriles is 1. The van der Waals surface area contributed by atoms with Gasteiger partial charge in [-0.25, -0.2) is 12.4 Å². The number of aryl methyl sites for hydroxylation is 3. The first-order valence-corrected chi connectivity index (χ1v) is 11.6. The van der Waals surface area contributed by atoms with Crippen molar-refractivity contribution >= 4 is 20.9 Å². The van der Waals surface area contributed by atoms with E-state index < -0.39 is 16.1 Å². The van der Waals surface area contributed by atoms with Crippen molar-refractivity contribution in [3.63, 3.8) is 0 Å². The second-order valence-corrected chi connectivity index (χ2v) is 9.74. The highest BCUT2D eigenvalue weighted by Gasteiger charge is 2.29. The number of benzene rings is 2. The molecule has 0 amide bonds. The molecule has 0 aliphatic carbocycles. The Balaban J connectivity index is 2.11. The van der Waals surface area contributed by atoms with Crippen LogP contribution >= 0.6 is 0 Å². The maximum atomic E-state index is 13.8. The first-order valence-electron chi connectivity index (χ1n) is 10.1. The fourth-order valence-electron chi connectivity index (χ4n) is 4.10. The van der Waals surface area contributed by atoms with Gasteiger partial charge in [0.05, 0.1) is 27.7 Å². The maximum Gasteiger partial charge on any atom is 0.268 e. The molecule has 0 saturated heterocycles. The monoisotopic (exact) mass is 445 g/mol. The van der Waals surface area contributed by atoms with Gasteiger partial charge in [-0.15, -0.1) is 0 Å². The van der Waals surface area contributed by atoms with Crippen LogP contribution in [0.1, 0.15) is 45.3 Å². The highest BCUT2D eigenvalue weighted by Crippen LogP contribution is 2.36. The number of nitrogens with zero attached hydrogens (tertiary/aromatic N) is 3. The number of aromatic nitrogens is 2. The Morgan fingerprint density at radius 3 is 2.38 bits per heavy atom. The fraction of sp³-hybridized carbons (Fsp3) is 0.200. The van der Waals surface area contributed by atoms with Crippen molar-refractivity contribution in [2.24, 2.45) is 0 Å². The third-order valence-corrected chi connectivity index (χ3v) is 7.67. The molecule has 0 saturated carbocycles. The third-order valence-electron chi connectivity index (χ3n) is 5.91. The average molecular weight is 446 g/mol. The van der Waals surface area contributed by atoms with Crippen molar-refractivity contribution in [1.29, 1.82) is 5.26 Å². The second-order valence-electron chi connectivity index (χ2n) is 7.96. The van der Waals surface area contributed by atoms with Crippen LogP contribution in [0, 0.1) is 39.0 Å². The molecular weight excluding hydrogens is 422 g/mol. The third kappa shape index (κ3) is 3.38. The molecule has 0 bridgehead atoms. The zero-order chi connectivity index (χ0) is 23.2. The Morgan fingerprint density at radius 1 is 1.03 bits per heavy atom. The molecule has 4 aromatic rings. The summed E-state index contributed by atoms with van der Waals surface area (Å²) in [5, 5.41) is 21.6. The lowest BCUT2D eigenvalue weighted by atomic mass is 9.97. The minimum atomic E-state index is -4.06. The minimum Gasteiger partial charge on any atom is -0.382 e. The van der Waals surface area contributed by atoms with Crippen LogP contribution < -0.4 is 0 Å². The fourth-order valence-corrected chi connectivity index (χ4v) is 5.65. The topological polar surface area (TPSA) is 96.0 Å². The summed E-state index contributed by atoms with van der Waals surface area (Å²) in [4.78, 5) is 4.47. The molecule has 32 heavy (non-hydrogen) atoms. The minimum absolute atomic E-state index is 0.0989. The van der Waals surface area contributed by atoms with Gasteiger partial charge in [-0.1, -0.05) is 18.2 Å². The first kappa shape index (κ1) is 21.8. The summed E-state index contributed by atoms with van der Waals surface area (Å²) in [7, 11) is -4.06. The molecule has 2 aromatic heterocycles. The molecule has 0 aliphatic heterocycles. The van der Waals surface area contributed by atoms with Gasteiger partial charge in [-0.05, 0) is 74.7 Å². The van der Waals surface area contributed by atoms with E-state index in [1.54, 1.807) is 49.5 Å². The predicted octanol–water partition coefficient (Wildman–Crippen LogP) is 4.46. The number of hydrogen-bond donors (Lipinski definition) is 1. The molecule has 0 spiro atoms. The summed E-state index contributed by atoms with van der Waals surface area (Å²) in [5.41, 5.74) is 4.64. The summed E-state index contributed by atoms with van der Waals surface area (Å²) in [6.45, 7) is 7.41. The van der Waals surface area contributed by atoms with E-state index in [1.165, 1.54) is 12.1 Å². The molecule has 162 valence electrons. The van der Waals surface area contributed by atoms with Gasteiger partial charge < -0.3 is 5.11 Å². The van der Waals surface area contributed by atoms with E-state index >= 15 is 0 Å². The Hall–Kier alpha value is -3.47. The summed E-state index contributed by atoms with van der Waals surface area (Å²) < 4.78 is 28.7. The molecule has 2 heterocycles. The zero-order valence-corrected chi connectivity index (χ0v) is 19.1. The molecule has 0 radical (unpaired) electrons. The molecule has 0 fully saturated rings. The van der Waals surface area contributed by atoms with Crippen molar-refractivity contribution in [3.05, 3.63) is 93.9 Å². The van der Waals surface area contributed by atoms with Crippen molar-refractivity contribution in [2.45, 2.75) is 38.7 Å². The molecule has 1 atom stereocenters. The summed E-state index contributed by atoms with van der Waals surface area (Å²) in [6, 6.07) is 15.1. The van der Waals surface area contributed by atoms with E-state index in [1.807, 2.05) is 20.8 Å². The maximum absolute atomic E-state index is 13.8. The number of hydrogen-bond acceptors (Lipinski definition) is 5. The Morgan fingerprint density at radius 2 is 1.72 bits per heavy atom. The van der Waals surface area contributed by atoms with E-state index in [9.17, 15) is 18.8 Å². The molecular formula is C25H23N3O3S. The number of aliphatic hydroxyl groups excluding tert-OH is 1. The van der Waals surface area contributed by atoms with Crippen LogP contribution in [0.5, 0.6) is 0 Å². The van der Waals surface area contributed by atoms with Crippen LogP contribution in [0.25, 0.3) is 10.9 Å². The van der Waals surface area contributed by atoms with E-state index in [-0.39, 0.29) is 10.6 Å². The summed E-state index contributed by atoms with van der Waals surface area (Å²) in [5.74, 6) is 0. The highest BCUT2D eigenvalue weighted by atomic mass is 32.2. The molecule has 6 nitrogen and oxygen atoms in total. The largest absolute Gasteiger partial charge is 0.382 e. The van der Waals surface area contributed by atoms with Gasteiger partial charge >= 0.3 is 0 Å². The Bertz CT molecular complexity index is 1500. The summed E-state index contributed by atoms with van der Waals surface area (Å²) in [6.07, 6.45) is 0.513. The van der Waals surface area contributed by atoms with Gasteiger partial charge in [-0.2, -0.15) is 5.26 Å². The molecule has 0 aliphatic rings. The van der Waals surface area contributed by atoms with E-state index in [0.29, 0.717) is 27.7 Å². The van der Waals surface area contributed by atoms with Crippen LogP contribution in [0.4, 0.5) is 0 Å². The predicted molar refractivity (Wildman–Crippen MR) is 123 cm³/mol. The van der Waals surface area contributed by atoms with Crippen LogP contribution in [-0.2, 0) is 10.0 Å². The van der Waals surface area contributed by atoms with Crippen LogP contribution in [0.2, 0.25) is 0 Å². The number of fused-ring (bicyclic) bond motifs is 1. The highest BCUT2D eigenvalue weighted by molar-refractivity contribution is 7.90. The summed E-state index contributed by atoms with van der Waals surface area (Å²) >= 11 is 0. The van der Waals surface area contributed by atoms with Crippen LogP contribution in [-0.4, -0.2) is 22.5 Å². The van der Waals surface area contributed by atoms with Gasteiger partial charge in [0, 0.05) is 22.8 Å². The lowest BCUT2D eigenvalue weighted by Gasteiger charge is -2.20. The lowest BCUT2D eigenvalue weighted by Crippen LogP contribution is -2.19. The van der Waals surface area contributed by atoms with E-state index in [2.05, 4.69) is 11.1 Å². The molecule has 2 aromatic carbocycles. The molecule has 1 unspecified atom stereocenters. The van der Waals surface area contributed by atoms with E-state index in [0.717, 1.165) is 20.7 Å². The van der Waals surface area contributed by atoms with E-state index in [4.69, 9.17) is 0 Å². The standard InChI is InChI=1S/C25H23N3O3S/c1-15-10-19(13-26)11-22-21(15)12-23(25(29)24-17(3)16(2)14-27-18(24)4)28(22)32(30,31)20-8-6-5-7-9-20/h5-12,14,25,29H,1-4H3. The Labute approximate surface area is 187 Å². The lowest BCUT2D eigenvalue weighted by molar-refractivity contribution is 0.212. The zero-order valence-electron chi connectivity index (χ0n) is 18.3. The van der Waals surface area contributed by atoms with Crippen LogP contribution in [0.15, 0.2) is 59.6 Å². The van der Waals surface area contributed by atoms with Crippen molar-refractivity contribution in [2.75, 3.05) is 0 Å². The quantitative estimate of drug-likeness (QED) is 0.500. The van der Waals surface area contributed by atoms with Gasteiger partial charge in [0.1, 0.15) is 6.10 Å². The molecule has 1 N–H and O–H groups in total. The van der Waals surface area contributed by atoms with Crippen molar-refractivity contribution in [3.8, 4) is 6.07 Å². The molecule has 7 heteroatoms. The number of pyridine rings is 1. The van der Waals surface area contributed by atoms with Gasteiger partial charge in [0.15, 0.2) is 0 Å². The van der Waals surface area contributed by atoms with Crippen molar-refractivity contribution < 1.29 is 13.5 Å². The van der Waals surface area contributed by atoms with Gasteiger partial charge in [0.25, 0.3) is 10.0 Å². The first-order chi connectivity index (χ1) is 15.2. The van der Waals surface area contributed by atoms with Gasteiger partial charge in [-0.3, -0.25) is 4.98 Å². The number of rotatable bonds is 4. The number of aliphatic hydroxyl groups is 1. The van der Waals surface area contributed by atoms with Gasteiger partial charge in [0.2, 0.25) is 0 Å². The SMILES string of the molecule is Cc1cnc(C)c(C(O)c2cc3c(C)cc(C#N)cc3n2S(=O)(=O)c2ccccc2)c1C. The normalized spacial score (nSPS) is 12.6.